The van der Waals surface area contributed by atoms with Gasteiger partial charge in [-0.1, -0.05) is 23.4 Å². The number of nitrogens with zero attached hydrogens (tertiary/aromatic N) is 2. The highest BCUT2D eigenvalue weighted by atomic mass is 35.5. The highest BCUT2D eigenvalue weighted by Crippen LogP contribution is 2.23. The Balaban J connectivity index is 1.96. The van der Waals surface area contributed by atoms with Gasteiger partial charge in [-0.15, -0.1) is 10.2 Å². The van der Waals surface area contributed by atoms with Gasteiger partial charge in [0.15, 0.2) is 10.4 Å². The molecule has 0 atom stereocenters. The van der Waals surface area contributed by atoms with Gasteiger partial charge in [-0.3, -0.25) is 0 Å². The van der Waals surface area contributed by atoms with Crippen LogP contribution in [0.2, 0.25) is 10.4 Å². The smallest absolute Gasteiger partial charge is 0.193 e. The van der Waals surface area contributed by atoms with Crippen LogP contribution in [0.25, 0.3) is 0 Å². The fraction of sp³-hybridized carbons (Fsp3) is 0.111. The van der Waals surface area contributed by atoms with Gasteiger partial charge in [0.25, 0.3) is 0 Å². The molecule has 0 aromatic carbocycles. The van der Waals surface area contributed by atoms with Crippen LogP contribution in [0.3, 0.4) is 0 Å². The van der Waals surface area contributed by atoms with Crippen molar-refractivity contribution < 1.29 is 4.42 Å². The van der Waals surface area contributed by atoms with Gasteiger partial charge >= 0.3 is 0 Å². The molecule has 2 heterocycles. The summed E-state index contributed by atoms with van der Waals surface area (Å²) in [6.45, 7) is 0. The molecule has 2 rings (SSSR count). The summed E-state index contributed by atoms with van der Waals surface area (Å²) >= 11 is 12.8. The van der Waals surface area contributed by atoms with Gasteiger partial charge in [-0.2, -0.15) is 0 Å². The number of furan rings is 1. The molecule has 0 saturated heterocycles. The molecule has 0 unspecified atom stereocenters. The second-order valence-corrected chi connectivity index (χ2v) is 4.44. The SMILES string of the molecule is Clc1ccc(SCc2ccc(Cl)o2)nn1. The number of thioether (sulfide) groups is 1. The van der Waals surface area contributed by atoms with Crippen molar-refractivity contribution in [2.45, 2.75) is 10.8 Å². The van der Waals surface area contributed by atoms with Crippen LogP contribution in [0.15, 0.2) is 33.7 Å². The molecule has 2 aromatic heterocycles. The normalized spacial score (nSPS) is 10.5. The quantitative estimate of drug-likeness (QED) is 0.790. The lowest BCUT2D eigenvalue weighted by Crippen LogP contribution is -1.85. The summed E-state index contributed by atoms with van der Waals surface area (Å²) in [6.07, 6.45) is 0. The Morgan fingerprint density at radius 2 is 2.00 bits per heavy atom. The first kappa shape index (κ1) is 10.8. The van der Waals surface area contributed by atoms with Crippen LogP contribution in [0.5, 0.6) is 0 Å². The number of hydrogen-bond donors (Lipinski definition) is 0. The monoisotopic (exact) mass is 260 g/mol. The van der Waals surface area contributed by atoms with Crippen molar-refractivity contribution in [1.82, 2.24) is 10.2 Å². The van der Waals surface area contributed by atoms with Crippen molar-refractivity contribution in [3.63, 3.8) is 0 Å². The first-order chi connectivity index (χ1) is 7.24. The third-order valence-electron chi connectivity index (χ3n) is 1.60. The summed E-state index contributed by atoms with van der Waals surface area (Å²) in [6, 6.07) is 7.06. The summed E-state index contributed by atoms with van der Waals surface area (Å²) in [5.74, 6) is 1.48. The molecule has 0 saturated carbocycles. The lowest BCUT2D eigenvalue weighted by molar-refractivity contribution is 0.532. The van der Waals surface area contributed by atoms with E-state index >= 15 is 0 Å². The predicted octanol–water partition coefficient (Wildman–Crippen LogP) is 3.67. The molecule has 0 bridgehead atoms. The van der Waals surface area contributed by atoms with Gasteiger partial charge in [-0.25, -0.2) is 0 Å². The number of rotatable bonds is 3. The van der Waals surface area contributed by atoms with E-state index in [-0.39, 0.29) is 0 Å². The largest absolute Gasteiger partial charge is 0.449 e. The maximum absolute atomic E-state index is 5.64. The lowest BCUT2D eigenvalue weighted by atomic mass is 10.5. The third-order valence-corrected chi connectivity index (χ3v) is 2.95. The molecule has 0 radical (unpaired) electrons. The van der Waals surface area contributed by atoms with Crippen LogP contribution in [-0.4, -0.2) is 10.2 Å². The summed E-state index contributed by atoms with van der Waals surface area (Å²) in [4.78, 5) is 0. The minimum Gasteiger partial charge on any atom is -0.449 e. The standard InChI is InChI=1S/C9H6Cl2N2OS/c10-7-2-4-9(13-12-7)15-5-6-1-3-8(11)14-6/h1-4H,5H2. The molecule has 15 heavy (non-hydrogen) atoms. The molecule has 0 amide bonds. The molecular formula is C9H6Cl2N2OS. The zero-order chi connectivity index (χ0) is 10.7. The Labute approximate surface area is 101 Å². The van der Waals surface area contributed by atoms with E-state index < -0.39 is 0 Å². The molecule has 3 nitrogen and oxygen atoms in total. The van der Waals surface area contributed by atoms with Crippen molar-refractivity contribution in [2.24, 2.45) is 0 Å². The van der Waals surface area contributed by atoms with Gasteiger partial charge in [0.2, 0.25) is 0 Å². The number of aromatic nitrogens is 2. The van der Waals surface area contributed by atoms with Crippen molar-refractivity contribution >= 4 is 35.0 Å². The molecule has 0 aliphatic rings. The molecular weight excluding hydrogens is 255 g/mol. The van der Waals surface area contributed by atoms with Crippen LogP contribution in [0.1, 0.15) is 5.76 Å². The van der Waals surface area contributed by atoms with Gasteiger partial charge < -0.3 is 4.42 Å². The van der Waals surface area contributed by atoms with E-state index in [0.717, 1.165) is 10.8 Å². The van der Waals surface area contributed by atoms with Crippen LogP contribution >= 0.6 is 35.0 Å². The molecule has 0 aliphatic heterocycles. The fourth-order valence-corrected chi connectivity index (χ4v) is 1.93. The third kappa shape index (κ3) is 3.12. The van der Waals surface area contributed by atoms with Crippen molar-refractivity contribution in [1.29, 1.82) is 0 Å². The van der Waals surface area contributed by atoms with E-state index in [1.54, 1.807) is 12.1 Å². The Bertz CT molecular complexity index is 444. The summed E-state index contributed by atoms with van der Waals surface area (Å²) < 4.78 is 5.20. The number of hydrogen-bond acceptors (Lipinski definition) is 4. The highest BCUT2D eigenvalue weighted by molar-refractivity contribution is 7.98. The fourth-order valence-electron chi connectivity index (χ4n) is 0.955. The van der Waals surface area contributed by atoms with Crippen molar-refractivity contribution in [3.05, 3.63) is 40.4 Å². The Morgan fingerprint density at radius 3 is 2.60 bits per heavy atom. The molecule has 0 aliphatic carbocycles. The van der Waals surface area contributed by atoms with Gasteiger partial charge in [0.1, 0.15) is 10.8 Å². The molecule has 0 spiro atoms. The molecule has 6 heteroatoms. The first-order valence-electron chi connectivity index (χ1n) is 4.10. The summed E-state index contributed by atoms with van der Waals surface area (Å²) in [7, 11) is 0. The minimum absolute atomic E-state index is 0.389. The van der Waals surface area contributed by atoms with Gasteiger partial charge in [0, 0.05) is 0 Å². The average Bonchev–Trinajstić information content (AvgIpc) is 2.64. The first-order valence-corrected chi connectivity index (χ1v) is 5.84. The highest BCUT2D eigenvalue weighted by Gasteiger charge is 2.02. The average molecular weight is 261 g/mol. The maximum Gasteiger partial charge on any atom is 0.193 e. The van der Waals surface area contributed by atoms with E-state index in [4.69, 9.17) is 27.6 Å². The van der Waals surface area contributed by atoms with Gasteiger partial charge in [0.05, 0.1) is 5.75 Å². The van der Waals surface area contributed by atoms with Crippen LogP contribution in [0.4, 0.5) is 0 Å². The van der Waals surface area contributed by atoms with E-state index in [0.29, 0.717) is 16.1 Å². The van der Waals surface area contributed by atoms with Crippen LogP contribution in [0, 0.1) is 0 Å². The molecule has 2 aromatic rings. The molecule has 0 fully saturated rings. The zero-order valence-corrected chi connectivity index (χ0v) is 9.81. The van der Waals surface area contributed by atoms with E-state index in [2.05, 4.69) is 10.2 Å². The van der Waals surface area contributed by atoms with Gasteiger partial charge in [-0.05, 0) is 35.9 Å². The van der Waals surface area contributed by atoms with Crippen LogP contribution < -0.4 is 0 Å². The summed E-state index contributed by atoms with van der Waals surface area (Å²) in [5.41, 5.74) is 0. The maximum atomic E-state index is 5.64. The van der Waals surface area contributed by atoms with Crippen molar-refractivity contribution in [3.8, 4) is 0 Å². The topological polar surface area (TPSA) is 38.9 Å². The zero-order valence-electron chi connectivity index (χ0n) is 7.48. The van der Waals surface area contributed by atoms with E-state index in [9.17, 15) is 0 Å². The van der Waals surface area contributed by atoms with E-state index in [1.165, 1.54) is 11.8 Å². The second-order valence-electron chi connectivity index (χ2n) is 2.69. The lowest BCUT2D eigenvalue weighted by Gasteiger charge is -1.96. The minimum atomic E-state index is 0.389. The Hall–Kier alpha value is -0.710. The predicted molar refractivity (Wildman–Crippen MR) is 60.3 cm³/mol. The molecule has 78 valence electrons. The molecule has 0 N–H and O–H groups in total. The van der Waals surface area contributed by atoms with E-state index in [1.807, 2.05) is 12.1 Å². The van der Waals surface area contributed by atoms with Crippen molar-refractivity contribution in [2.75, 3.05) is 0 Å². The Kier molecular flexibility index (Phi) is 3.51. The summed E-state index contributed by atoms with van der Waals surface area (Å²) in [5, 5.41) is 9.22. The number of halogens is 2. The van der Waals surface area contributed by atoms with Crippen LogP contribution in [-0.2, 0) is 5.75 Å². The Morgan fingerprint density at radius 1 is 1.13 bits per heavy atom. The second kappa shape index (κ2) is 4.88.